The molecule has 0 aromatic carbocycles. The maximum absolute atomic E-state index is 4.49. The summed E-state index contributed by atoms with van der Waals surface area (Å²) in [6, 6.07) is 4.02. The van der Waals surface area contributed by atoms with Crippen LogP contribution < -0.4 is 0 Å². The SMILES string of the molecule is CC.Cc1nn(Cc2cccnc2)c(C)c1C. The van der Waals surface area contributed by atoms with Gasteiger partial charge in [0.05, 0.1) is 12.2 Å². The van der Waals surface area contributed by atoms with Crippen LogP contribution in [0.15, 0.2) is 24.5 Å². The van der Waals surface area contributed by atoms with Crippen LogP contribution in [-0.4, -0.2) is 14.8 Å². The number of hydrogen-bond donors (Lipinski definition) is 0. The summed E-state index contributed by atoms with van der Waals surface area (Å²) in [5.74, 6) is 0. The second-order valence-corrected chi connectivity index (χ2v) is 3.81. The monoisotopic (exact) mass is 231 g/mol. The highest BCUT2D eigenvalue weighted by Gasteiger charge is 2.06. The summed E-state index contributed by atoms with van der Waals surface area (Å²) < 4.78 is 2.03. The van der Waals surface area contributed by atoms with Crippen LogP contribution in [0.1, 0.15) is 36.4 Å². The molecule has 3 nitrogen and oxygen atoms in total. The molecule has 0 aliphatic heterocycles. The van der Waals surface area contributed by atoms with E-state index in [1.807, 2.05) is 37.7 Å². The lowest BCUT2D eigenvalue weighted by atomic mass is 10.2. The minimum atomic E-state index is 0.800. The zero-order valence-corrected chi connectivity index (χ0v) is 11.4. The number of aromatic nitrogens is 3. The molecule has 0 amide bonds. The lowest BCUT2D eigenvalue weighted by Gasteiger charge is -2.03. The Labute approximate surface area is 104 Å². The third-order valence-corrected chi connectivity index (χ3v) is 2.80. The molecule has 92 valence electrons. The zero-order valence-electron chi connectivity index (χ0n) is 11.4. The highest BCUT2D eigenvalue weighted by Crippen LogP contribution is 2.12. The topological polar surface area (TPSA) is 30.7 Å². The van der Waals surface area contributed by atoms with Gasteiger partial charge in [-0.25, -0.2) is 0 Å². The van der Waals surface area contributed by atoms with Crippen molar-refractivity contribution in [3.8, 4) is 0 Å². The lowest BCUT2D eigenvalue weighted by Crippen LogP contribution is -2.04. The van der Waals surface area contributed by atoms with Crippen molar-refractivity contribution in [3.05, 3.63) is 47.0 Å². The molecule has 0 saturated heterocycles. The second kappa shape index (κ2) is 6.18. The third-order valence-electron chi connectivity index (χ3n) is 2.80. The Hall–Kier alpha value is -1.64. The maximum atomic E-state index is 4.49. The predicted octanol–water partition coefficient (Wildman–Crippen LogP) is 3.28. The highest BCUT2D eigenvalue weighted by molar-refractivity contribution is 5.23. The number of hydrogen-bond acceptors (Lipinski definition) is 2. The number of aryl methyl sites for hydroxylation is 1. The van der Waals surface area contributed by atoms with Crippen molar-refractivity contribution in [3.63, 3.8) is 0 Å². The molecule has 0 unspecified atom stereocenters. The van der Waals surface area contributed by atoms with Crippen molar-refractivity contribution in [2.75, 3.05) is 0 Å². The van der Waals surface area contributed by atoms with E-state index in [1.165, 1.54) is 16.8 Å². The summed E-state index contributed by atoms with van der Waals surface area (Å²) in [5, 5.41) is 4.49. The molecular formula is C14H21N3. The molecule has 0 aliphatic carbocycles. The average molecular weight is 231 g/mol. The van der Waals surface area contributed by atoms with Gasteiger partial charge in [0.1, 0.15) is 0 Å². The van der Waals surface area contributed by atoms with E-state index in [4.69, 9.17) is 0 Å². The van der Waals surface area contributed by atoms with Crippen molar-refractivity contribution in [2.24, 2.45) is 0 Å². The summed E-state index contributed by atoms with van der Waals surface area (Å²) in [4.78, 5) is 4.10. The van der Waals surface area contributed by atoms with Crippen molar-refractivity contribution < 1.29 is 0 Å². The Bertz CT molecular complexity index is 458. The fraction of sp³-hybridized carbons (Fsp3) is 0.429. The quantitative estimate of drug-likeness (QED) is 0.794. The van der Waals surface area contributed by atoms with Crippen LogP contribution in [0, 0.1) is 20.8 Å². The van der Waals surface area contributed by atoms with Crippen LogP contribution in [0.5, 0.6) is 0 Å². The molecule has 0 saturated carbocycles. The maximum Gasteiger partial charge on any atom is 0.0677 e. The summed E-state index contributed by atoms with van der Waals surface area (Å²) in [6.07, 6.45) is 3.67. The first-order valence-corrected chi connectivity index (χ1v) is 6.08. The molecule has 2 aromatic heterocycles. The summed E-state index contributed by atoms with van der Waals surface area (Å²) in [5.41, 5.74) is 4.80. The minimum absolute atomic E-state index is 0.800. The Morgan fingerprint density at radius 1 is 1.18 bits per heavy atom. The van der Waals surface area contributed by atoms with E-state index < -0.39 is 0 Å². The molecule has 0 atom stereocenters. The number of rotatable bonds is 2. The van der Waals surface area contributed by atoms with Gasteiger partial charge in [-0.1, -0.05) is 19.9 Å². The van der Waals surface area contributed by atoms with Gasteiger partial charge in [-0.3, -0.25) is 9.67 Å². The molecule has 0 spiro atoms. The fourth-order valence-electron chi connectivity index (χ4n) is 1.60. The van der Waals surface area contributed by atoms with Crippen LogP contribution in [0.2, 0.25) is 0 Å². The van der Waals surface area contributed by atoms with Gasteiger partial charge in [0.2, 0.25) is 0 Å². The molecule has 2 heterocycles. The Kier molecular flexibility index (Phi) is 4.88. The summed E-state index contributed by atoms with van der Waals surface area (Å²) in [7, 11) is 0. The van der Waals surface area contributed by atoms with Gasteiger partial charge in [0.15, 0.2) is 0 Å². The van der Waals surface area contributed by atoms with Gasteiger partial charge in [-0.15, -0.1) is 0 Å². The molecule has 0 fully saturated rings. The largest absolute Gasteiger partial charge is 0.265 e. The number of nitrogens with zero attached hydrogens (tertiary/aromatic N) is 3. The zero-order chi connectivity index (χ0) is 12.8. The van der Waals surface area contributed by atoms with E-state index in [2.05, 4.69) is 30.0 Å². The molecule has 2 aromatic rings. The van der Waals surface area contributed by atoms with Gasteiger partial charge >= 0.3 is 0 Å². The lowest BCUT2D eigenvalue weighted by molar-refractivity contribution is 0.657. The first-order valence-electron chi connectivity index (χ1n) is 6.08. The minimum Gasteiger partial charge on any atom is -0.265 e. The number of pyridine rings is 1. The van der Waals surface area contributed by atoms with Gasteiger partial charge in [0.25, 0.3) is 0 Å². The molecule has 0 aliphatic rings. The molecule has 17 heavy (non-hydrogen) atoms. The van der Waals surface area contributed by atoms with E-state index in [0.29, 0.717) is 0 Å². The third kappa shape index (κ3) is 3.16. The van der Waals surface area contributed by atoms with Gasteiger partial charge in [0, 0.05) is 18.1 Å². The van der Waals surface area contributed by atoms with E-state index in [0.717, 1.165) is 12.2 Å². The van der Waals surface area contributed by atoms with Crippen molar-refractivity contribution in [2.45, 2.75) is 41.2 Å². The predicted molar refractivity (Wildman–Crippen MR) is 71.1 cm³/mol. The van der Waals surface area contributed by atoms with Crippen molar-refractivity contribution in [1.29, 1.82) is 0 Å². The summed E-state index contributed by atoms with van der Waals surface area (Å²) >= 11 is 0. The van der Waals surface area contributed by atoms with E-state index in [1.54, 1.807) is 6.20 Å². The van der Waals surface area contributed by atoms with Crippen LogP contribution in [0.25, 0.3) is 0 Å². The van der Waals surface area contributed by atoms with E-state index in [-0.39, 0.29) is 0 Å². The smallest absolute Gasteiger partial charge is 0.0677 e. The molecule has 0 N–H and O–H groups in total. The summed E-state index contributed by atoms with van der Waals surface area (Å²) in [6.45, 7) is 11.1. The van der Waals surface area contributed by atoms with Crippen molar-refractivity contribution in [1.82, 2.24) is 14.8 Å². The molecule has 3 heteroatoms. The van der Waals surface area contributed by atoms with Crippen LogP contribution >= 0.6 is 0 Å². The Morgan fingerprint density at radius 2 is 1.88 bits per heavy atom. The first kappa shape index (κ1) is 13.4. The molecule has 0 radical (unpaired) electrons. The second-order valence-electron chi connectivity index (χ2n) is 3.81. The van der Waals surface area contributed by atoms with Crippen LogP contribution in [0.3, 0.4) is 0 Å². The van der Waals surface area contributed by atoms with E-state index in [9.17, 15) is 0 Å². The first-order chi connectivity index (χ1) is 8.18. The van der Waals surface area contributed by atoms with Gasteiger partial charge < -0.3 is 0 Å². The Morgan fingerprint density at radius 3 is 2.35 bits per heavy atom. The molecular weight excluding hydrogens is 210 g/mol. The molecule has 2 rings (SSSR count). The van der Waals surface area contributed by atoms with E-state index >= 15 is 0 Å². The normalized spacial score (nSPS) is 9.71. The highest BCUT2D eigenvalue weighted by atomic mass is 15.3. The van der Waals surface area contributed by atoms with Crippen LogP contribution in [-0.2, 0) is 6.54 Å². The standard InChI is InChI=1S/C12H15N3.C2H6/c1-9-10(2)14-15(11(9)3)8-12-5-4-6-13-7-12;1-2/h4-7H,8H2,1-3H3;1-2H3. The van der Waals surface area contributed by atoms with Gasteiger partial charge in [-0.05, 0) is 38.0 Å². The average Bonchev–Trinajstić information content (AvgIpc) is 2.61. The van der Waals surface area contributed by atoms with Gasteiger partial charge in [-0.2, -0.15) is 5.10 Å². The fourth-order valence-corrected chi connectivity index (χ4v) is 1.60. The van der Waals surface area contributed by atoms with Crippen molar-refractivity contribution >= 4 is 0 Å². The Balaban J connectivity index is 0.000000686. The molecule has 0 bridgehead atoms. The van der Waals surface area contributed by atoms with Crippen LogP contribution in [0.4, 0.5) is 0 Å².